The Kier molecular flexibility index (Phi) is 59.0. The molecule has 6 nitrogen and oxygen atoms in total. The smallest absolute Gasteiger partial charge is 0.305 e. The molecule has 0 rings (SSSR count). The molecule has 0 saturated carbocycles. The molecular weight excluding hydrogens is 875 g/mol. The third-order valence-electron chi connectivity index (χ3n) is 14.6. The van der Waals surface area contributed by atoms with Gasteiger partial charge < -0.3 is 20.3 Å². The van der Waals surface area contributed by atoms with Gasteiger partial charge in [-0.2, -0.15) is 0 Å². The molecule has 0 aliphatic heterocycles. The van der Waals surface area contributed by atoms with Crippen molar-refractivity contribution in [2.45, 2.75) is 353 Å². The lowest BCUT2D eigenvalue weighted by Crippen LogP contribution is -2.45. The standard InChI is InChI=1S/C65H123NO5/c1-3-5-7-9-11-13-15-17-19-21-22-23-24-26-29-33-37-41-45-49-53-57-63(68)62(61-67)66-64(69)58-54-50-46-42-38-34-30-27-25-28-32-36-40-44-48-52-56-60-71-65(70)59-55-51-47-43-39-35-31-20-18-16-14-12-10-8-6-4-2/h20,25,28,31,53,57,62-63,67-68H,3-19,21-24,26-27,29-30,32-52,54-56,58-61H2,1-2H3,(H,66,69)/b28-25-,31-20-,57-53+. The van der Waals surface area contributed by atoms with Crippen LogP contribution in [0.4, 0.5) is 0 Å². The summed E-state index contributed by atoms with van der Waals surface area (Å²) < 4.78 is 5.47. The van der Waals surface area contributed by atoms with E-state index in [0.29, 0.717) is 19.4 Å². The summed E-state index contributed by atoms with van der Waals surface area (Å²) >= 11 is 0. The van der Waals surface area contributed by atoms with E-state index in [0.717, 1.165) is 57.8 Å². The fourth-order valence-corrected chi connectivity index (χ4v) is 9.74. The predicted octanol–water partition coefficient (Wildman–Crippen LogP) is 20.0. The first-order valence-corrected chi connectivity index (χ1v) is 31.8. The van der Waals surface area contributed by atoms with Crippen molar-refractivity contribution >= 4 is 11.9 Å². The number of carbonyl (C=O) groups is 2. The number of hydrogen-bond donors (Lipinski definition) is 3. The fraction of sp³-hybridized carbons (Fsp3) is 0.877. The van der Waals surface area contributed by atoms with Crippen LogP contribution in [0.15, 0.2) is 36.5 Å². The summed E-state index contributed by atoms with van der Waals surface area (Å²) in [5.41, 5.74) is 0. The largest absolute Gasteiger partial charge is 0.466 e. The zero-order valence-electron chi connectivity index (χ0n) is 47.7. The number of ether oxygens (including phenoxy) is 1. The van der Waals surface area contributed by atoms with Gasteiger partial charge >= 0.3 is 5.97 Å². The van der Waals surface area contributed by atoms with Gasteiger partial charge in [-0.3, -0.25) is 9.59 Å². The van der Waals surface area contributed by atoms with Crippen LogP contribution < -0.4 is 5.32 Å². The minimum absolute atomic E-state index is 0.00979. The van der Waals surface area contributed by atoms with Crippen LogP contribution in [0, 0.1) is 0 Å². The summed E-state index contributed by atoms with van der Waals surface area (Å²) in [6.07, 6.45) is 76.1. The van der Waals surface area contributed by atoms with Crippen molar-refractivity contribution in [3.8, 4) is 0 Å². The van der Waals surface area contributed by atoms with E-state index in [1.807, 2.05) is 6.08 Å². The maximum atomic E-state index is 12.5. The maximum absolute atomic E-state index is 12.5. The zero-order chi connectivity index (χ0) is 51.4. The summed E-state index contributed by atoms with van der Waals surface area (Å²) in [4.78, 5) is 24.6. The molecule has 0 aromatic heterocycles. The lowest BCUT2D eigenvalue weighted by atomic mass is 10.0. The van der Waals surface area contributed by atoms with Crippen molar-refractivity contribution in [3.05, 3.63) is 36.5 Å². The first-order valence-electron chi connectivity index (χ1n) is 31.8. The molecule has 0 saturated heterocycles. The Morgan fingerprint density at radius 2 is 0.662 bits per heavy atom. The average molecular weight is 999 g/mol. The molecular formula is C65H123NO5. The van der Waals surface area contributed by atoms with Gasteiger partial charge in [0.1, 0.15) is 0 Å². The fourth-order valence-electron chi connectivity index (χ4n) is 9.74. The van der Waals surface area contributed by atoms with E-state index in [2.05, 4.69) is 43.5 Å². The van der Waals surface area contributed by atoms with Gasteiger partial charge in [-0.15, -0.1) is 0 Å². The van der Waals surface area contributed by atoms with Crippen LogP contribution in [0.3, 0.4) is 0 Å². The van der Waals surface area contributed by atoms with Crippen LogP contribution in [-0.4, -0.2) is 47.4 Å². The van der Waals surface area contributed by atoms with Crippen LogP contribution in [0.1, 0.15) is 341 Å². The average Bonchev–Trinajstić information content (AvgIpc) is 3.37. The van der Waals surface area contributed by atoms with E-state index in [9.17, 15) is 19.8 Å². The van der Waals surface area contributed by atoms with Crippen LogP contribution in [-0.2, 0) is 14.3 Å². The minimum Gasteiger partial charge on any atom is -0.466 e. The molecule has 0 spiro atoms. The normalized spacial score (nSPS) is 12.8. The Hall–Kier alpha value is -1.92. The Morgan fingerprint density at radius 1 is 0.380 bits per heavy atom. The molecule has 0 heterocycles. The zero-order valence-corrected chi connectivity index (χ0v) is 47.7. The Balaban J connectivity index is 3.49. The number of aliphatic hydroxyl groups is 2. The summed E-state index contributed by atoms with van der Waals surface area (Å²) in [6, 6.07) is -0.638. The summed E-state index contributed by atoms with van der Waals surface area (Å²) in [6.45, 7) is 4.90. The number of amides is 1. The molecule has 2 unspecified atom stereocenters. The molecule has 3 N–H and O–H groups in total. The number of allylic oxidation sites excluding steroid dienone is 5. The second-order valence-corrected chi connectivity index (χ2v) is 21.7. The van der Waals surface area contributed by atoms with Crippen molar-refractivity contribution in [3.63, 3.8) is 0 Å². The lowest BCUT2D eigenvalue weighted by Gasteiger charge is -2.20. The quantitative estimate of drug-likeness (QED) is 0.0321. The monoisotopic (exact) mass is 998 g/mol. The molecule has 2 atom stereocenters. The number of aliphatic hydroxyl groups excluding tert-OH is 2. The number of hydrogen-bond acceptors (Lipinski definition) is 5. The molecule has 0 fully saturated rings. The van der Waals surface area contributed by atoms with Crippen LogP contribution in [0.2, 0.25) is 0 Å². The number of nitrogens with one attached hydrogen (secondary N) is 1. The van der Waals surface area contributed by atoms with E-state index < -0.39 is 12.1 Å². The highest BCUT2D eigenvalue weighted by Crippen LogP contribution is 2.17. The molecule has 0 bridgehead atoms. The van der Waals surface area contributed by atoms with Crippen LogP contribution in [0.25, 0.3) is 0 Å². The van der Waals surface area contributed by atoms with Gasteiger partial charge in [0, 0.05) is 12.8 Å². The number of unbranched alkanes of at least 4 members (excludes halogenated alkanes) is 44. The maximum Gasteiger partial charge on any atom is 0.305 e. The van der Waals surface area contributed by atoms with Crippen molar-refractivity contribution in [2.75, 3.05) is 13.2 Å². The Morgan fingerprint density at radius 3 is 1.00 bits per heavy atom. The SMILES string of the molecule is CCCCCCCCC/C=C\CCCCCCCC(=O)OCCCCCCCC/C=C\CCCCCCCCCC(=O)NC(CO)C(O)/C=C/CCCCCCCCCCCCCCCCCCCCC. The van der Waals surface area contributed by atoms with Gasteiger partial charge in [0.05, 0.1) is 25.4 Å². The molecule has 0 aliphatic rings. The summed E-state index contributed by atoms with van der Waals surface area (Å²) in [5, 5.41) is 23.2. The van der Waals surface area contributed by atoms with Crippen molar-refractivity contribution in [1.82, 2.24) is 5.32 Å². The van der Waals surface area contributed by atoms with E-state index >= 15 is 0 Å². The Bertz CT molecular complexity index is 1150. The van der Waals surface area contributed by atoms with E-state index in [4.69, 9.17) is 4.74 Å². The van der Waals surface area contributed by atoms with Crippen molar-refractivity contribution in [2.24, 2.45) is 0 Å². The highest BCUT2D eigenvalue weighted by atomic mass is 16.5. The third-order valence-corrected chi connectivity index (χ3v) is 14.6. The number of carbonyl (C=O) groups excluding carboxylic acids is 2. The molecule has 0 aromatic carbocycles. The van der Waals surface area contributed by atoms with E-state index in [1.165, 1.54) is 257 Å². The molecule has 1 amide bonds. The first kappa shape index (κ1) is 69.1. The van der Waals surface area contributed by atoms with Crippen molar-refractivity contribution in [1.29, 1.82) is 0 Å². The topological polar surface area (TPSA) is 95.9 Å². The molecule has 0 aliphatic carbocycles. The Labute approximate surface area is 443 Å². The third kappa shape index (κ3) is 57.2. The van der Waals surface area contributed by atoms with Crippen LogP contribution in [0.5, 0.6) is 0 Å². The number of rotatable bonds is 59. The highest BCUT2D eigenvalue weighted by Gasteiger charge is 2.18. The second-order valence-electron chi connectivity index (χ2n) is 21.7. The van der Waals surface area contributed by atoms with Gasteiger partial charge in [0.15, 0.2) is 0 Å². The van der Waals surface area contributed by atoms with Gasteiger partial charge in [-0.25, -0.2) is 0 Å². The number of esters is 1. The van der Waals surface area contributed by atoms with E-state index in [-0.39, 0.29) is 18.5 Å². The van der Waals surface area contributed by atoms with Crippen LogP contribution >= 0.6 is 0 Å². The summed E-state index contributed by atoms with van der Waals surface area (Å²) in [5.74, 6) is -0.0875. The molecule has 6 heteroatoms. The predicted molar refractivity (Wildman–Crippen MR) is 310 cm³/mol. The molecule has 71 heavy (non-hydrogen) atoms. The molecule has 0 aromatic rings. The van der Waals surface area contributed by atoms with Gasteiger partial charge in [-0.05, 0) is 83.5 Å². The summed E-state index contributed by atoms with van der Waals surface area (Å²) in [7, 11) is 0. The highest BCUT2D eigenvalue weighted by molar-refractivity contribution is 5.76. The minimum atomic E-state index is -0.854. The second kappa shape index (κ2) is 60.6. The van der Waals surface area contributed by atoms with Gasteiger partial charge in [0.25, 0.3) is 0 Å². The van der Waals surface area contributed by atoms with E-state index in [1.54, 1.807) is 6.08 Å². The van der Waals surface area contributed by atoms with Crippen molar-refractivity contribution < 1.29 is 24.5 Å². The molecule has 0 radical (unpaired) electrons. The lowest BCUT2D eigenvalue weighted by molar-refractivity contribution is -0.143. The van der Waals surface area contributed by atoms with Gasteiger partial charge in [0.2, 0.25) is 5.91 Å². The van der Waals surface area contributed by atoms with Gasteiger partial charge in [-0.1, -0.05) is 281 Å². The first-order chi connectivity index (χ1) is 35.0. The molecule has 418 valence electrons.